The second-order valence-electron chi connectivity index (χ2n) is 10.9. The van der Waals surface area contributed by atoms with Gasteiger partial charge in [0.05, 0.1) is 16.9 Å². The minimum Gasteiger partial charge on any atom is -0.359 e. The van der Waals surface area contributed by atoms with Gasteiger partial charge >= 0.3 is 6.03 Å². The van der Waals surface area contributed by atoms with Crippen LogP contribution in [0.25, 0.3) is 11.6 Å². The van der Waals surface area contributed by atoms with Gasteiger partial charge in [-0.3, -0.25) is 14.9 Å². The smallest absolute Gasteiger partial charge is 0.324 e. The average molecular weight is 548 g/mol. The average Bonchev–Trinajstić information content (AvgIpc) is 3.54. The van der Waals surface area contributed by atoms with Crippen LogP contribution in [0, 0.1) is 13.8 Å². The zero-order valence-corrected chi connectivity index (χ0v) is 23.8. The molecule has 3 heterocycles. The SMILES string of the molecule is CCCNCCC(=O)Nc1c(C)[nH]c(/C=C2\C(=O)Nc3cc(NC(=O)Nc4cc(C(C)(C)C)on4)ccc32)c1C. The van der Waals surface area contributed by atoms with E-state index >= 15 is 0 Å². The Morgan fingerprint density at radius 2 is 1.85 bits per heavy atom. The number of H-pyrrole nitrogens is 1. The number of fused-ring (bicyclic) bond motifs is 1. The van der Waals surface area contributed by atoms with E-state index in [1.54, 1.807) is 30.3 Å². The van der Waals surface area contributed by atoms with Gasteiger partial charge in [-0.15, -0.1) is 0 Å². The highest BCUT2D eigenvalue weighted by Gasteiger charge is 2.26. The van der Waals surface area contributed by atoms with Crippen LogP contribution >= 0.6 is 0 Å². The molecule has 0 saturated carbocycles. The molecule has 0 saturated heterocycles. The molecule has 1 aliphatic rings. The maximum Gasteiger partial charge on any atom is 0.324 e. The Hall–Kier alpha value is -4.38. The number of aromatic amines is 1. The molecule has 6 N–H and O–H groups in total. The van der Waals surface area contributed by atoms with Crippen LogP contribution in [-0.2, 0) is 15.0 Å². The van der Waals surface area contributed by atoms with Gasteiger partial charge in [-0.2, -0.15) is 0 Å². The van der Waals surface area contributed by atoms with E-state index in [9.17, 15) is 14.4 Å². The Morgan fingerprint density at radius 1 is 1.07 bits per heavy atom. The molecule has 212 valence electrons. The lowest BCUT2D eigenvalue weighted by molar-refractivity contribution is -0.116. The summed E-state index contributed by atoms with van der Waals surface area (Å²) in [5.74, 6) is 0.638. The number of hydrogen-bond acceptors (Lipinski definition) is 6. The van der Waals surface area contributed by atoms with Crippen molar-refractivity contribution in [3.63, 3.8) is 0 Å². The monoisotopic (exact) mass is 547 g/mol. The summed E-state index contributed by atoms with van der Waals surface area (Å²) in [7, 11) is 0. The van der Waals surface area contributed by atoms with Crippen molar-refractivity contribution in [2.24, 2.45) is 0 Å². The van der Waals surface area contributed by atoms with E-state index < -0.39 is 6.03 Å². The molecule has 0 fully saturated rings. The fourth-order valence-corrected chi connectivity index (χ4v) is 4.34. The first-order valence-electron chi connectivity index (χ1n) is 13.4. The number of nitrogens with zero attached hydrogens (tertiary/aromatic N) is 1. The number of carbonyl (C=O) groups excluding carboxylic acids is 3. The number of aromatic nitrogens is 2. The quantitative estimate of drug-likeness (QED) is 0.156. The van der Waals surface area contributed by atoms with Crippen molar-refractivity contribution in [3.8, 4) is 0 Å². The summed E-state index contributed by atoms with van der Waals surface area (Å²) in [4.78, 5) is 41.1. The Kier molecular flexibility index (Phi) is 8.43. The predicted octanol–water partition coefficient (Wildman–Crippen LogP) is 5.38. The first-order chi connectivity index (χ1) is 19.0. The van der Waals surface area contributed by atoms with Gasteiger partial charge in [-0.25, -0.2) is 4.79 Å². The number of aryl methyl sites for hydroxylation is 1. The van der Waals surface area contributed by atoms with Gasteiger partial charge in [-0.1, -0.05) is 38.9 Å². The minimum absolute atomic E-state index is 0.0702. The van der Waals surface area contributed by atoms with Crippen LogP contribution in [0.15, 0.2) is 28.8 Å². The summed E-state index contributed by atoms with van der Waals surface area (Å²) in [5.41, 5.74) is 5.16. The van der Waals surface area contributed by atoms with Crippen LogP contribution < -0.4 is 26.6 Å². The summed E-state index contributed by atoms with van der Waals surface area (Å²) in [6.45, 7) is 13.3. The molecule has 11 heteroatoms. The molecule has 0 unspecified atom stereocenters. The number of carbonyl (C=O) groups is 3. The maximum absolute atomic E-state index is 12.9. The lowest BCUT2D eigenvalue weighted by Crippen LogP contribution is -2.22. The first kappa shape index (κ1) is 28.6. The normalized spacial score (nSPS) is 13.8. The van der Waals surface area contributed by atoms with E-state index in [0.29, 0.717) is 47.1 Å². The van der Waals surface area contributed by atoms with Crippen molar-refractivity contribution < 1.29 is 18.9 Å². The minimum atomic E-state index is -0.484. The lowest BCUT2D eigenvalue weighted by Gasteiger charge is -2.12. The molecule has 4 amide bonds. The van der Waals surface area contributed by atoms with Gasteiger partial charge in [0.15, 0.2) is 5.82 Å². The topological polar surface area (TPSA) is 153 Å². The summed E-state index contributed by atoms with van der Waals surface area (Å²) in [6, 6.07) is 6.40. The second kappa shape index (κ2) is 11.8. The van der Waals surface area contributed by atoms with Crippen LogP contribution in [0.4, 0.5) is 27.7 Å². The Bertz CT molecular complexity index is 1460. The molecule has 40 heavy (non-hydrogen) atoms. The van der Waals surface area contributed by atoms with Crippen LogP contribution in [0.5, 0.6) is 0 Å². The molecule has 4 rings (SSSR count). The summed E-state index contributed by atoms with van der Waals surface area (Å²) in [5, 5.41) is 18.4. The number of nitrogens with one attached hydrogen (secondary N) is 6. The number of hydrogen-bond donors (Lipinski definition) is 6. The van der Waals surface area contributed by atoms with Crippen molar-refractivity contribution in [2.45, 2.75) is 59.8 Å². The number of anilines is 4. The molecule has 1 aliphatic heterocycles. The van der Waals surface area contributed by atoms with Crippen LogP contribution in [0.2, 0.25) is 0 Å². The van der Waals surface area contributed by atoms with Gasteiger partial charge in [0.25, 0.3) is 5.91 Å². The van der Waals surface area contributed by atoms with Crippen molar-refractivity contribution in [2.75, 3.05) is 34.4 Å². The van der Waals surface area contributed by atoms with Crippen molar-refractivity contribution in [3.05, 3.63) is 52.5 Å². The summed E-state index contributed by atoms with van der Waals surface area (Å²) in [6.07, 6.45) is 3.17. The van der Waals surface area contributed by atoms with Gasteiger partial charge < -0.3 is 30.8 Å². The molecule has 3 aromatic rings. The van der Waals surface area contributed by atoms with Crippen LogP contribution in [0.3, 0.4) is 0 Å². The molecule has 0 atom stereocenters. The molecule has 0 bridgehead atoms. The Balaban J connectivity index is 1.45. The number of amides is 4. The maximum atomic E-state index is 12.9. The zero-order chi connectivity index (χ0) is 29.0. The highest BCUT2D eigenvalue weighted by Crippen LogP contribution is 2.36. The number of urea groups is 1. The van der Waals surface area contributed by atoms with Crippen molar-refractivity contribution in [1.82, 2.24) is 15.5 Å². The van der Waals surface area contributed by atoms with Crippen molar-refractivity contribution >= 4 is 52.4 Å². The van der Waals surface area contributed by atoms with Gasteiger partial charge in [0.1, 0.15) is 5.76 Å². The molecule has 0 aliphatic carbocycles. The first-order valence-corrected chi connectivity index (χ1v) is 13.4. The second-order valence-corrected chi connectivity index (χ2v) is 10.9. The third-order valence-corrected chi connectivity index (χ3v) is 6.54. The van der Waals surface area contributed by atoms with Crippen LogP contribution in [-0.4, -0.2) is 41.1 Å². The summed E-state index contributed by atoms with van der Waals surface area (Å²) >= 11 is 0. The van der Waals surface area contributed by atoms with Gasteiger partial charge in [0.2, 0.25) is 5.91 Å². The van der Waals surface area contributed by atoms with E-state index in [4.69, 9.17) is 4.52 Å². The standard InChI is InChI=1S/C29H37N7O4/c1-7-11-30-12-10-25(37)35-26-16(2)21(31-17(26)3)14-20-19-9-8-18(13-22(19)33-27(20)38)32-28(39)34-24-15-23(40-36-24)29(4,5)6/h8-9,13-15,30-31H,7,10-12H2,1-6H3,(H,33,38)(H,35,37)(H2,32,34,36,39)/b20-14-. The van der Waals surface area contributed by atoms with Crippen LogP contribution in [0.1, 0.15) is 68.8 Å². The molecule has 2 aromatic heterocycles. The van der Waals surface area contributed by atoms with E-state index in [1.807, 2.05) is 34.6 Å². The van der Waals surface area contributed by atoms with E-state index in [-0.39, 0.29) is 17.2 Å². The van der Waals surface area contributed by atoms with Gasteiger partial charge in [0, 0.05) is 47.1 Å². The van der Waals surface area contributed by atoms with Gasteiger partial charge in [-0.05, 0) is 50.6 Å². The van der Waals surface area contributed by atoms with E-state index in [1.165, 1.54) is 0 Å². The highest BCUT2D eigenvalue weighted by molar-refractivity contribution is 6.35. The molecule has 0 radical (unpaired) electrons. The zero-order valence-electron chi connectivity index (χ0n) is 23.8. The fourth-order valence-electron chi connectivity index (χ4n) is 4.34. The predicted molar refractivity (Wildman–Crippen MR) is 157 cm³/mol. The summed E-state index contributed by atoms with van der Waals surface area (Å²) < 4.78 is 5.30. The molecular weight excluding hydrogens is 510 g/mol. The third-order valence-electron chi connectivity index (χ3n) is 6.54. The molecule has 0 spiro atoms. The lowest BCUT2D eigenvalue weighted by atomic mass is 9.93. The van der Waals surface area contributed by atoms with Crippen molar-refractivity contribution in [1.29, 1.82) is 0 Å². The Labute approximate surface area is 233 Å². The highest BCUT2D eigenvalue weighted by atomic mass is 16.5. The largest absolute Gasteiger partial charge is 0.359 e. The molecule has 11 nitrogen and oxygen atoms in total. The van der Waals surface area contributed by atoms with E-state index in [0.717, 1.165) is 35.6 Å². The number of rotatable bonds is 9. The number of benzene rings is 1. The fraction of sp³-hybridized carbons (Fsp3) is 0.379. The molecular formula is C29H37N7O4. The molecule has 1 aromatic carbocycles. The Morgan fingerprint density at radius 3 is 2.55 bits per heavy atom. The third kappa shape index (κ3) is 6.60. The van der Waals surface area contributed by atoms with E-state index in [2.05, 4.69) is 43.6 Å².